The predicted octanol–water partition coefficient (Wildman–Crippen LogP) is 2.02. The minimum atomic E-state index is -1.10. The van der Waals surface area contributed by atoms with E-state index in [1.54, 1.807) is 0 Å². The fourth-order valence-electron chi connectivity index (χ4n) is 1.77. The van der Waals surface area contributed by atoms with E-state index in [1.165, 1.54) is 0 Å². The van der Waals surface area contributed by atoms with E-state index >= 15 is 0 Å². The molecule has 2 N–H and O–H groups in total. The first-order valence-electron chi connectivity index (χ1n) is 6.33. The van der Waals surface area contributed by atoms with Crippen molar-refractivity contribution in [2.45, 2.75) is 6.54 Å². The van der Waals surface area contributed by atoms with Crippen LogP contribution < -0.4 is 11.4 Å². The lowest BCUT2D eigenvalue weighted by atomic mass is 10.3. The van der Waals surface area contributed by atoms with Crippen molar-refractivity contribution in [3.05, 3.63) is 57.0 Å². The Labute approximate surface area is 141 Å². The van der Waals surface area contributed by atoms with Gasteiger partial charge in [-0.25, -0.2) is 32.0 Å². The maximum atomic E-state index is 13.6. The third kappa shape index (κ3) is 3.85. The third-order valence-corrected chi connectivity index (χ3v) is 3.64. The van der Waals surface area contributed by atoms with E-state index in [-0.39, 0.29) is 28.6 Å². The maximum absolute atomic E-state index is 13.6. The molecule has 11 heteroatoms. The lowest BCUT2D eigenvalue weighted by Gasteiger charge is -2.05. The zero-order valence-corrected chi connectivity index (χ0v) is 13.5. The van der Waals surface area contributed by atoms with Gasteiger partial charge in [0.2, 0.25) is 0 Å². The van der Waals surface area contributed by atoms with Gasteiger partial charge in [-0.05, 0) is 28.1 Å². The molecule has 1 aromatic heterocycles. The first-order valence-corrected chi connectivity index (χ1v) is 7.12. The lowest BCUT2D eigenvalue weighted by molar-refractivity contribution is 0.164. The summed E-state index contributed by atoms with van der Waals surface area (Å²) in [6.07, 6.45) is 0.0656. The van der Waals surface area contributed by atoms with E-state index in [9.17, 15) is 22.8 Å². The van der Waals surface area contributed by atoms with Crippen molar-refractivity contribution in [1.82, 2.24) is 14.3 Å². The van der Waals surface area contributed by atoms with Crippen molar-refractivity contribution < 1.29 is 22.7 Å². The second-order valence-corrected chi connectivity index (χ2v) is 5.33. The molecule has 0 bridgehead atoms. The largest absolute Gasteiger partial charge is 0.445 e. The van der Waals surface area contributed by atoms with Crippen molar-refractivity contribution in [1.29, 1.82) is 0 Å². The molecular weight excluding hydrogens is 397 g/mol. The molecule has 0 atom stereocenters. The Morgan fingerprint density at radius 3 is 2.54 bits per heavy atom. The maximum Gasteiger partial charge on any atom is 0.404 e. The molecule has 0 spiro atoms. The van der Waals surface area contributed by atoms with Crippen molar-refractivity contribution >= 4 is 22.0 Å². The molecule has 0 fully saturated rings. The second-order valence-electron chi connectivity index (χ2n) is 4.54. The summed E-state index contributed by atoms with van der Waals surface area (Å²) in [7, 11) is 0. The number of rotatable bonds is 5. The number of nitrogens with zero attached hydrogens (tertiary/aromatic N) is 3. The number of carbonyl (C=O) groups is 1. The third-order valence-electron chi connectivity index (χ3n) is 2.89. The Morgan fingerprint density at radius 2 is 2.00 bits per heavy atom. The van der Waals surface area contributed by atoms with E-state index in [1.807, 2.05) is 0 Å². The Bertz CT molecular complexity index is 839. The molecule has 2 aromatic rings. The zero-order valence-electron chi connectivity index (χ0n) is 11.9. The van der Waals surface area contributed by atoms with Crippen LogP contribution in [0, 0.1) is 11.6 Å². The standard InChI is InChI=1S/C13H10BrF3N4O3/c14-11-9(16)1-8(2-10(11)17)20-6-19-21(13(20)23)4-7(3-15)5-24-12(18)22/h1-3,6H,4-5H2,(H2,18,22). The highest BCUT2D eigenvalue weighted by Gasteiger charge is 2.14. The Morgan fingerprint density at radius 1 is 1.38 bits per heavy atom. The van der Waals surface area contributed by atoms with Crippen LogP contribution in [0.15, 0.2) is 39.6 Å². The Balaban J connectivity index is 2.29. The Kier molecular flexibility index (Phi) is 5.44. The summed E-state index contributed by atoms with van der Waals surface area (Å²) in [5.41, 5.74) is 3.81. The molecule has 0 saturated carbocycles. The molecule has 1 aromatic carbocycles. The summed E-state index contributed by atoms with van der Waals surface area (Å²) in [5, 5.41) is 3.72. The van der Waals surface area contributed by atoms with E-state index in [0.29, 0.717) is 0 Å². The van der Waals surface area contributed by atoms with Crippen LogP contribution >= 0.6 is 15.9 Å². The van der Waals surface area contributed by atoms with Gasteiger partial charge in [-0.1, -0.05) is 0 Å². The molecule has 24 heavy (non-hydrogen) atoms. The van der Waals surface area contributed by atoms with Crippen molar-refractivity contribution in [2.75, 3.05) is 6.61 Å². The monoisotopic (exact) mass is 406 g/mol. The van der Waals surface area contributed by atoms with Crippen molar-refractivity contribution in [2.24, 2.45) is 5.73 Å². The molecular formula is C13H10BrF3N4O3. The van der Waals surface area contributed by atoms with Crippen LogP contribution in [0.25, 0.3) is 5.69 Å². The normalized spacial score (nSPS) is 11.6. The smallest absolute Gasteiger partial charge is 0.404 e. The average Bonchev–Trinajstić information content (AvgIpc) is 2.89. The lowest BCUT2D eigenvalue weighted by Crippen LogP contribution is -2.26. The van der Waals surface area contributed by atoms with Crippen LogP contribution in [0.4, 0.5) is 18.0 Å². The van der Waals surface area contributed by atoms with Crippen molar-refractivity contribution in [3.63, 3.8) is 0 Å². The number of hydrogen-bond acceptors (Lipinski definition) is 4. The molecule has 1 amide bonds. The highest BCUT2D eigenvalue weighted by Crippen LogP contribution is 2.22. The summed E-state index contributed by atoms with van der Waals surface area (Å²) < 4.78 is 45.6. The van der Waals surface area contributed by atoms with Crippen LogP contribution in [0.3, 0.4) is 0 Å². The molecule has 0 aliphatic heterocycles. The van der Waals surface area contributed by atoms with Crippen molar-refractivity contribution in [3.8, 4) is 5.69 Å². The Hall–Kier alpha value is -2.56. The first-order chi connectivity index (χ1) is 11.3. The number of hydrogen-bond donors (Lipinski definition) is 1. The number of benzene rings is 1. The van der Waals surface area contributed by atoms with E-state index in [0.717, 1.165) is 27.7 Å². The number of aromatic nitrogens is 3. The predicted molar refractivity (Wildman–Crippen MR) is 80.2 cm³/mol. The van der Waals surface area contributed by atoms with E-state index < -0.39 is 30.0 Å². The van der Waals surface area contributed by atoms with E-state index in [4.69, 9.17) is 5.73 Å². The molecule has 1 heterocycles. The van der Waals surface area contributed by atoms with Crippen LogP contribution in [0.1, 0.15) is 0 Å². The summed E-state index contributed by atoms with van der Waals surface area (Å²) in [6, 6.07) is 1.87. The minimum absolute atomic E-state index is 0.0886. The highest BCUT2D eigenvalue weighted by molar-refractivity contribution is 9.10. The first kappa shape index (κ1) is 17.8. The fourth-order valence-corrected chi connectivity index (χ4v) is 2.00. The van der Waals surface area contributed by atoms with Crippen LogP contribution in [-0.2, 0) is 11.3 Å². The molecule has 0 aliphatic carbocycles. The molecule has 2 rings (SSSR count). The summed E-state index contributed by atoms with van der Waals surface area (Å²) >= 11 is 2.72. The van der Waals surface area contributed by atoms with Gasteiger partial charge < -0.3 is 10.5 Å². The number of halogens is 4. The van der Waals surface area contributed by atoms with E-state index in [2.05, 4.69) is 25.8 Å². The summed E-state index contributed by atoms with van der Waals surface area (Å²) in [4.78, 5) is 22.7. The highest BCUT2D eigenvalue weighted by atomic mass is 79.9. The van der Waals surface area contributed by atoms with Crippen LogP contribution in [0.2, 0.25) is 0 Å². The van der Waals surface area contributed by atoms with Gasteiger partial charge in [0.05, 0.1) is 23.0 Å². The van der Waals surface area contributed by atoms with Gasteiger partial charge in [-0.2, -0.15) is 5.10 Å². The van der Waals surface area contributed by atoms with Gasteiger partial charge >= 0.3 is 11.8 Å². The van der Waals surface area contributed by atoms with Gasteiger partial charge in [0.1, 0.15) is 24.6 Å². The average molecular weight is 407 g/mol. The summed E-state index contributed by atoms with van der Waals surface area (Å²) in [5.74, 6) is -1.80. The zero-order chi connectivity index (χ0) is 17.9. The van der Waals surface area contributed by atoms with Gasteiger partial charge in [0.15, 0.2) is 0 Å². The van der Waals surface area contributed by atoms with Crippen LogP contribution in [0.5, 0.6) is 0 Å². The number of carbonyl (C=O) groups excluding carboxylic acids is 1. The number of ether oxygens (including phenoxy) is 1. The molecule has 0 saturated heterocycles. The van der Waals surface area contributed by atoms with Crippen LogP contribution in [-0.4, -0.2) is 27.0 Å². The van der Waals surface area contributed by atoms with Gasteiger partial charge in [-0.3, -0.25) is 0 Å². The molecule has 0 unspecified atom stereocenters. The number of nitrogens with two attached hydrogens (primary N) is 1. The van der Waals surface area contributed by atoms with Gasteiger partial charge in [0, 0.05) is 5.57 Å². The quantitative estimate of drug-likeness (QED) is 0.768. The SMILES string of the molecule is NC(=O)OCC(=CF)Cn1ncn(-c2cc(F)c(Br)c(F)c2)c1=O. The fraction of sp³-hybridized carbons (Fsp3) is 0.154. The van der Waals surface area contributed by atoms with Gasteiger partial charge in [-0.15, -0.1) is 0 Å². The van der Waals surface area contributed by atoms with Gasteiger partial charge in [0.25, 0.3) is 0 Å². The minimum Gasteiger partial charge on any atom is -0.445 e. The number of amides is 1. The number of primary amides is 1. The molecule has 7 nitrogen and oxygen atoms in total. The molecule has 0 radical (unpaired) electrons. The molecule has 128 valence electrons. The second kappa shape index (κ2) is 7.34. The topological polar surface area (TPSA) is 92.1 Å². The summed E-state index contributed by atoms with van der Waals surface area (Å²) in [6.45, 7) is -0.802. The molecule has 0 aliphatic rings.